The average Bonchev–Trinajstić information content (AvgIpc) is 3.26. The molecule has 0 aliphatic carbocycles. The summed E-state index contributed by atoms with van der Waals surface area (Å²) >= 11 is 0. The number of amides is 2. The first kappa shape index (κ1) is 23.7. The van der Waals surface area contributed by atoms with E-state index in [9.17, 15) is 9.59 Å². The Morgan fingerprint density at radius 1 is 0.667 bits per heavy atom. The van der Waals surface area contributed by atoms with Crippen molar-refractivity contribution in [1.29, 1.82) is 0 Å². The third-order valence-corrected chi connectivity index (χ3v) is 5.25. The van der Waals surface area contributed by atoms with Gasteiger partial charge in [0.2, 0.25) is 0 Å². The summed E-state index contributed by atoms with van der Waals surface area (Å²) in [6, 6.07) is 14.9. The molecule has 0 saturated heterocycles. The fourth-order valence-electron chi connectivity index (χ4n) is 3.52. The highest BCUT2D eigenvalue weighted by Crippen LogP contribution is 2.13. The van der Waals surface area contributed by atoms with E-state index in [1.54, 1.807) is 0 Å². The molecule has 0 aliphatic rings. The van der Waals surface area contributed by atoms with Gasteiger partial charge in [0.15, 0.2) is 11.5 Å². The van der Waals surface area contributed by atoms with Gasteiger partial charge >= 0.3 is 11.8 Å². The van der Waals surface area contributed by atoms with Gasteiger partial charge in [-0.25, -0.2) is 10.9 Å². The van der Waals surface area contributed by atoms with Gasteiger partial charge in [-0.1, -0.05) is 47.5 Å². The van der Waals surface area contributed by atoms with Crippen molar-refractivity contribution in [2.75, 3.05) is 0 Å². The Balaban J connectivity index is 1.64. The molecule has 2 amide bonds. The van der Waals surface area contributed by atoms with Crippen LogP contribution in [-0.4, -0.2) is 23.2 Å². The third-order valence-electron chi connectivity index (χ3n) is 5.25. The summed E-state index contributed by atoms with van der Waals surface area (Å²) in [5, 5.41) is 8.32. The summed E-state index contributed by atoms with van der Waals surface area (Å²) in [4.78, 5) is 24.8. The zero-order valence-corrected chi connectivity index (χ0v) is 19.7. The Labute approximate surface area is 193 Å². The van der Waals surface area contributed by atoms with Gasteiger partial charge in [0.05, 0.1) is 11.4 Å². The second-order valence-electron chi connectivity index (χ2n) is 8.08. The minimum Gasteiger partial charge on any atom is -0.446 e. The lowest BCUT2D eigenvalue weighted by Crippen LogP contribution is -2.20. The number of rotatable bonds is 6. The largest absolute Gasteiger partial charge is 0.446 e. The van der Waals surface area contributed by atoms with Crippen LogP contribution in [0, 0.1) is 27.7 Å². The molecule has 7 heteroatoms. The molecule has 3 aromatic rings. The summed E-state index contributed by atoms with van der Waals surface area (Å²) in [5.74, 6) is -1.14. The number of furan rings is 1. The fourth-order valence-corrected chi connectivity index (χ4v) is 3.52. The summed E-state index contributed by atoms with van der Waals surface area (Å²) in [7, 11) is 0. The first-order valence-electron chi connectivity index (χ1n) is 10.6. The highest BCUT2D eigenvalue weighted by atomic mass is 16.4. The van der Waals surface area contributed by atoms with Crippen molar-refractivity contribution in [3.05, 3.63) is 93.4 Å². The molecule has 3 rings (SSSR count). The Morgan fingerprint density at radius 3 is 1.42 bits per heavy atom. The second-order valence-corrected chi connectivity index (χ2v) is 8.08. The molecule has 0 atom stereocenters. The van der Waals surface area contributed by atoms with Gasteiger partial charge in [0.25, 0.3) is 0 Å². The highest BCUT2D eigenvalue weighted by molar-refractivity contribution is 6.02. The van der Waals surface area contributed by atoms with Gasteiger partial charge in [-0.05, 0) is 64.8 Å². The Kier molecular flexibility index (Phi) is 7.23. The van der Waals surface area contributed by atoms with Crippen LogP contribution in [0.15, 0.2) is 63.2 Å². The van der Waals surface area contributed by atoms with Crippen LogP contribution in [0.2, 0.25) is 0 Å². The van der Waals surface area contributed by atoms with E-state index in [0.29, 0.717) is 11.4 Å². The predicted octanol–water partition coefficient (Wildman–Crippen LogP) is 4.82. The molecule has 0 aliphatic heterocycles. The van der Waals surface area contributed by atoms with Crippen molar-refractivity contribution in [2.24, 2.45) is 10.2 Å². The van der Waals surface area contributed by atoms with Crippen LogP contribution in [-0.2, 0) is 0 Å². The Hall–Kier alpha value is -4.00. The summed E-state index contributed by atoms with van der Waals surface area (Å²) in [6.07, 6.45) is 0. The smallest absolute Gasteiger partial charge is 0.307 e. The number of nitrogens with zero attached hydrogens (tertiary/aromatic N) is 2. The number of carbonyl (C=O) groups is 2. The van der Waals surface area contributed by atoms with Crippen LogP contribution in [0.25, 0.3) is 0 Å². The van der Waals surface area contributed by atoms with Crippen molar-refractivity contribution in [3.63, 3.8) is 0 Å². The van der Waals surface area contributed by atoms with E-state index >= 15 is 0 Å². The first-order valence-corrected chi connectivity index (χ1v) is 10.6. The number of benzene rings is 2. The van der Waals surface area contributed by atoms with Crippen molar-refractivity contribution < 1.29 is 14.0 Å². The summed E-state index contributed by atoms with van der Waals surface area (Å²) < 4.78 is 5.40. The van der Waals surface area contributed by atoms with Crippen molar-refractivity contribution in [1.82, 2.24) is 10.9 Å². The standard InChI is InChI=1S/C26H28N4O3/c1-15-7-9-21(17(3)13-15)19(5)27-29-25(31)23-11-12-24(33-23)26(32)30-28-20(6)22-10-8-16(2)14-18(22)4/h7-14H,1-6H3,(H,29,31)(H,30,32)/b27-19+,28-20+. The Morgan fingerprint density at radius 2 is 1.06 bits per heavy atom. The first-order chi connectivity index (χ1) is 15.7. The maximum Gasteiger partial charge on any atom is 0.307 e. The van der Waals surface area contributed by atoms with E-state index in [1.807, 2.05) is 65.8 Å². The Bertz CT molecular complexity index is 1170. The SMILES string of the molecule is C/C(=N\NC(=O)c1ccc(C(=O)N/N=C(\C)c2ccc(C)cc2C)o1)c1ccc(C)cc1C. The molecule has 0 fully saturated rings. The van der Waals surface area contributed by atoms with Crippen LogP contribution in [0.5, 0.6) is 0 Å². The van der Waals surface area contributed by atoms with E-state index in [2.05, 4.69) is 33.2 Å². The number of hydrazone groups is 2. The normalized spacial score (nSPS) is 11.9. The number of hydrogen-bond donors (Lipinski definition) is 2. The van der Waals surface area contributed by atoms with Gasteiger partial charge in [0, 0.05) is 11.1 Å². The van der Waals surface area contributed by atoms with Gasteiger partial charge in [0.1, 0.15) is 0 Å². The van der Waals surface area contributed by atoms with Crippen LogP contribution in [0.1, 0.15) is 68.3 Å². The maximum atomic E-state index is 12.4. The zero-order chi connectivity index (χ0) is 24.1. The quantitative estimate of drug-likeness (QED) is 0.421. The van der Waals surface area contributed by atoms with E-state index in [0.717, 1.165) is 33.4 Å². The monoisotopic (exact) mass is 444 g/mol. The second kappa shape index (κ2) is 10.1. The number of carbonyl (C=O) groups excluding carboxylic acids is 2. The molecule has 7 nitrogen and oxygen atoms in total. The van der Waals surface area contributed by atoms with E-state index in [-0.39, 0.29) is 11.5 Å². The van der Waals surface area contributed by atoms with Crippen LogP contribution in [0.3, 0.4) is 0 Å². The van der Waals surface area contributed by atoms with E-state index in [1.165, 1.54) is 12.1 Å². The molecule has 2 aromatic carbocycles. The predicted molar refractivity (Wildman–Crippen MR) is 130 cm³/mol. The number of nitrogens with one attached hydrogen (secondary N) is 2. The topological polar surface area (TPSA) is 96.1 Å². The molecular formula is C26H28N4O3. The number of hydrogen-bond acceptors (Lipinski definition) is 5. The highest BCUT2D eigenvalue weighted by Gasteiger charge is 2.16. The molecule has 0 unspecified atom stereocenters. The molecule has 0 bridgehead atoms. The lowest BCUT2D eigenvalue weighted by atomic mass is 10.0. The fraction of sp³-hybridized carbons (Fsp3) is 0.231. The van der Waals surface area contributed by atoms with Crippen molar-refractivity contribution in [3.8, 4) is 0 Å². The summed E-state index contributed by atoms with van der Waals surface area (Å²) in [6.45, 7) is 11.7. The molecule has 0 spiro atoms. The average molecular weight is 445 g/mol. The molecular weight excluding hydrogens is 416 g/mol. The lowest BCUT2D eigenvalue weighted by Gasteiger charge is -2.07. The third kappa shape index (κ3) is 5.83. The van der Waals surface area contributed by atoms with Crippen LogP contribution in [0.4, 0.5) is 0 Å². The van der Waals surface area contributed by atoms with Gasteiger partial charge in [-0.2, -0.15) is 10.2 Å². The zero-order valence-electron chi connectivity index (χ0n) is 19.7. The molecule has 33 heavy (non-hydrogen) atoms. The number of aryl methyl sites for hydroxylation is 4. The van der Waals surface area contributed by atoms with Crippen LogP contribution >= 0.6 is 0 Å². The van der Waals surface area contributed by atoms with Gasteiger partial charge in [-0.15, -0.1) is 0 Å². The van der Waals surface area contributed by atoms with E-state index < -0.39 is 11.8 Å². The summed E-state index contributed by atoms with van der Waals surface area (Å²) in [5.41, 5.74) is 12.6. The van der Waals surface area contributed by atoms with E-state index in [4.69, 9.17) is 4.42 Å². The lowest BCUT2D eigenvalue weighted by molar-refractivity contribution is 0.0902. The maximum absolute atomic E-state index is 12.4. The molecule has 1 heterocycles. The van der Waals surface area contributed by atoms with Gasteiger partial charge in [-0.3, -0.25) is 9.59 Å². The van der Waals surface area contributed by atoms with Gasteiger partial charge < -0.3 is 4.42 Å². The minimum absolute atomic E-state index is 0.0209. The molecule has 1 aromatic heterocycles. The van der Waals surface area contributed by atoms with Crippen LogP contribution < -0.4 is 10.9 Å². The molecule has 0 saturated carbocycles. The molecule has 170 valence electrons. The molecule has 2 N–H and O–H groups in total. The molecule has 0 radical (unpaired) electrons. The van der Waals surface area contributed by atoms with Crippen molar-refractivity contribution >= 4 is 23.2 Å². The van der Waals surface area contributed by atoms with Crippen molar-refractivity contribution in [2.45, 2.75) is 41.5 Å². The minimum atomic E-state index is -0.548.